The number of hydrogen-bond donors (Lipinski definition) is 3. The van der Waals surface area contributed by atoms with Crippen molar-refractivity contribution < 1.29 is 9.53 Å². The number of methoxy groups -OCH3 is 1. The molecule has 154 valence electrons. The lowest BCUT2D eigenvalue weighted by Gasteiger charge is -2.21. The summed E-state index contributed by atoms with van der Waals surface area (Å²) in [7, 11) is 3.04. The molecule has 5 nitrogen and oxygen atoms in total. The molecule has 1 aliphatic rings. The summed E-state index contributed by atoms with van der Waals surface area (Å²) in [5.74, 6) is 1.12. The minimum Gasteiger partial charge on any atom is -0.497 e. The monoisotopic (exact) mass is 393 g/mol. The van der Waals surface area contributed by atoms with Gasteiger partial charge in [0.25, 0.3) is 5.91 Å². The van der Waals surface area contributed by atoms with Crippen LogP contribution in [0.2, 0.25) is 0 Å². The Kier molecular flexibility index (Phi) is 8.96. The Morgan fingerprint density at radius 2 is 1.79 bits per heavy atom. The van der Waals surface area contributed by atoms with Gasteiger partial charge in [0.05, 0.1) is 18.4 Å². The first-order valence-corrected chi connectivity index (χ1v) is 10.0. The molecule has 1 amide bonds. The Balaban J connectivity index is 0.000000218. The molecule has 0 aromatic heterocycles. The fourth-order valence-corrected chi connectivity index (χ4v) is 3.51. The van der Waals surface area contributed by atoms with Gasteiger partial charge < -0.3 is 21.2 Å². The van der Waals surface area contributed by atoms with Crippen LogP contribution in [0, 0.1) is 5.41 Å². The van der Waals surface area contributed by atoms with Crippen LogP contribution in [0.25, 0.3) is 5.70 Å². The van der Waals surface area contributed by atoms with Gasteiger partial charge >= 0.3 is 0 Å². The average molecular weight is 394 g/mol. The maximum atomic E-state index is 11.5. The standard InChI is InChI=1S/C12H15N3O2.C12H16/c1-15-12(16)10(7-13)11(14)8-4-3-5-9(6-8)17-2;1-3-7-11(8-4-1)12-9-5-2-6-10-12/h3-7,13H,14H2,1-2H3,(H,15,16);1,3-4,7-8,12H,2,5-6,9-10H2/b11-10+,13-7?;. The first kappa shape index (κ1) is 22.2. The first-order valence-electron chi connectivity index (χ1n) is 10.0. The maximum absolute atomic E-state index is 11.5. The SMILES string of the molecule is CNC(=O)/C(C=N)=C(/N)c1cccc(OC)c1.c1ccc(C2CCCCC2)cc1. The van der Waals surface area contributed by atoms with Crippen LogP contribution < -0.4 is 15.8 Å². The van der Waals surface area contributed by atoms with Gasteiger partial charge in [0.1, 0.15) is 5.75 Å². The molecule has 0 spiro atoms. The molecule has 1 fully saturated rings. The van der Waals surface area contributed by atoms with Gasteiger partial charge in [-0.2, -0.15) is 0 Å². The number of ether oxygens (including phenoxy) is 1. The quantitative estimate of drug-likeness (QED) is 0.516. The van der Waals surface area contributed by atoms with E-state index in [0.29, 0.717) is 11.3 Å². The fourth-order valence-electron chi connectivity index (χ4n) is 3.51. The topological polar surface area (TPSA) is 88.2 Å². The minimum atomic E-state index is -0.389. The highest BCUT2D eigenvalue weighted by Crippen LogP contribution is 2.32. The van der Waals surface area contributed by atoms with Gasteiger partial charge in [0.2, 0.25) is 0 Å². The lowest BCUT2D eigenvalue weighted by molar-refractivity contribution is -0.116. The number of nitrogens with one attached hydrogen (secondary N) is 2. The summed E-state index contributed by atoms with van der Waals surface area (Å²) in [6.07, 6.45) is 8.06. The molecule has 1 saturated carbocycles. The number of rotatable bonds is 5. The molecule has 0 bridgehead atoms. The van der Waals surface area contributed by atoms with Gasteiger partial charge in [-0.3, -0.25) is 4.79 Å². The molecular formula is C24H31N3O2. The van der Waals surface area contributed by atoms with Crippen molar-refractivity contribution in [2.45, 2.75) is 38.0 Å². The fraction of sp³-hybridized carbons (Fsp3) is 0.333. The predicted octanol–water partition coefficient (Wildman–Crippen LogP) is 4.49. The summed E-state index contributed by atoms with van der Waals surface area (Å²) in [4.78, 5) is 11.5. The van der Waals surface area contributed by atoms with Crippen molar-refractivity contribution in [2.75, 3.05) is 14.2 Å². The third-order valence-electron chi connectivity index (χ3n) is 5.16. The summed E-state index contributed by atoms with van der Waals surface area (Å²) in [6, 6.07) is 18.0. The number of benzene rings is 2. The number of hydrogen-bond acceptors (Lipinski definition) is 4. The van der Waals surface area contributed by atoms with E-state index in [4.69, 9.17) is 15.9 Å². The van der Waals surface area contributed by atoms with Crippen LogP contribution in [0.5, 0.6) is 5.75 Å². The minimum absolute atomic E-state index is 0.126. The van der Waals surface area contributed by atoms with Crippen molar-refractivity contribution in [3.63, 3.8) is 0 Å². The second-order valence-corrected chi connectivity index (χ2v) is 7.03. The molecule has 2 aromatic carbocycles. The van der Waals surface area contributed by atoms with Gasteiger partial charge in [-0.25, -0.2) is 0 Å². The van der Waals surface area contributed by atoms with E-state index in [2.05, 4.69) is 35.6 Å². The number of nitrogens with two attached hydrogens (primary N) is 1. The summed E-state index contributed by atoms with van der Waals surface area (Å²) >= 11 is 0. The smallest absolute Gasteiger partial charge is 0.254 e. The van der Waals surface area contributed by atoms with E-state index >= 15 is 0 Å². The zero-order valence-corrected chi connectivity index (χ0v) is 17.3. The highest BCUT2D eigenvalue weighted by molar-refractivity contribution is 6.17. The van der Waals surface area contributed by atoms with E-state index < -0.39 is 0 Å². The van der Waals surface area contributed by atoms with Crippen LogP contribution in [-0.4, -0.2) is 26.3 Å². The van der Waals surface area contributed by atoms with Crippen molar-refractivity contribution in [1.29, 1.82) is 5.41 Å². The number of carbonyl (C=O) groups is 1. The second-order valence-electron chi connectivity index (χ2n) is 7.03. The summed E-state index contributed by atoms with van der Waals surface area (Å²) in [6.45, 7) is 0. The van der Waals surface area contributed by atoms with Gasteiger partial charge in [0, 0.05) is 18.8 Å². The van der Waals surface area contributed by atoms with Crippen molar-refractivity contribution in [1.82, 2.24) is 5.32 Å². The molecule has 0 atom stereocenters. The molecule has 0 saturated heterocycles. The Morgan fingerprint density at radius 1 is 1.10 bits per heavy atom. The molecule has 0 radical (unpaired) electrons. The molecule has 4 N–H and O–H groups in total. The third kappa shape index (κ3) is 6.49. The highest BCUT2D eigenvalue weighted by Gasteiger charge is 2.14. The van der Waals surface area contributed by atoms with E-state index in [1.807, 2.05) is 0 Å². The van der Waals surface area contributed by atoms with Crippen LogP contribution in [0.15, 0.2) is 60.2 Å². The largest absolute Gasteiger partial charge is 0.497 e. The van der Waals surface area contributed by atoms with Crippen LogP contribution >= 0.6 is 0 Å². The third-order valence-corrected chi connectivity index (χ3v) is 5.16. The number of carbonyl (C=O) groups excluding carboxylic acids is 1. The lowest BCUT2D eigenvalue weighted by atomic mass is 9.84. The van der Waals surface area contributed by atoms with Crippen LogP contribution in [0.4, 0.5) is 0 Å². The molecule has 1 aliphatic carbocycles. The lowest BCUT2D eigenvalue weighted by Crippen LogP contribution is -2.23. The molecule has 2 aromatic rings. The summed E-state index contributed by atoms with van der Waals surface area (Å²) in [5.41, 5.74) is 8.43. The highest BCUT2D eigenvalue weighted by atomic mass is 16.5. The summed E-state index contributed by atoms with van der Waals surface area (Å²) < 4.78 is 5.07. The van der Waals surface area contributed by atoms with Crippen LogP contribution in [-0.2, 0) is 4.79 Å². The Bertz CT molecular complexity index is 825. The van der Waals surface area contributed by atoms with Crippen molar-refractivity contribution >= 4 is 17.8 Å². The molecule has 0 unspecified atom stereocenters. The maximum Gasteiger partial charge on any atom is 0.254 e. The van der Waals surface area contributed by atoms with E-state index in [1.54, 1.807) is 36.9 Å². The van der Waals surface area contributed by atoms with E-state index in [-0.39, 0.29) is 17.2 Å². The zero-order valence-electron chi connectivity index (χ0n) is 17.3. The average Bonchev–Trinajstić information content (AvgIpc) is 2.81. The van der Waals surface area contributed by atoms with E-state index in [0.717, 1.165) is 12.1 Å². The predicted molar refractivity (Wildman–Crippen MR) is 119 cm³/mol. The number of amides is 1. The van der Waals surface area contributed by atoms with Crippen LogP contribution in [0.3, 0.4) is 0 Å². The summed E-state index contributed by atoms with van der Waals surface area (Å²) in [5, 5.41) is 9.65. The zero-order chi connectivity index (χ0) is 21.1. The van der Waals surface area contributed by atoms with Crippen molar-refractivity contribution in [2.24, 2.45) is 5.73 Å². The Hall–Kier alpha value is -3.08. The van der Waals surface area contributed by atoms with Gasteiger partial charge in [-0.15, -0.1) is 0 Å². The number of likely N-dealkylation sites (N-methyl/N-ethyl adjacent to an activating group) is 1. The van der Waals surface area contributed by atoms with Crippen molar-refractivity contribution in [3.05, 3.63) is 71.3 Å². The second kappa shape index (κ2) is 11.7. The normalized spacial score (nSPS) is 14.7. The van der Waals surface area contributed by atoms with Crippen LogP contribution in [0.1, 0.15) is 49.1 Å². The van der Waals surface area contributed by atoms with Gasteiger partial charge in [0.15, 0.2) is 0 Å². The van der Waals surface area contributed by atoms with Gasteiger partial charge in [-0.05, 0) is 36.5 Å². The van der Waals surface area contributed by atoms with Crippen molar-refractivity contribution in [3.8, 4) is 5.75 Å². The van der Waals surface area contributed by atoms with Gasteiger partial charge in [-0.1, -0.05) is 61.7 Å². The molecule has 5 heteroatoms. The Labute approximate surface area is 173 Å². The Morgan fingerprint density at radius 3 is 2.38 bits per heavy atom. The molecule has 0 aliphatic heterocycles. The van der Waals surface area contributed by atoms with E-state index in [1.165, 1.54) is 39.2 Å². The van der Waals surface area contributed by atoms with E-state index in [9.17, 15) is 4.79 Å². The molecule has 3 rings (SSSR count). The molecular weight excluding hydrogens is 362 g/mol. The molecule has 0 heterocycles. The first-order chi connectivity index (χ1) is 14.1. The molecule has 29 heavy (non-hydrogen) atoms.